The van der Waals surface area contributed by atoms with Crippen LogP contribution in [0.15, 0.2) is 42.6 Å². The summed E-state index contributed by atoms with van der Waals surface area (Å²) in [4.78, 5) is 15.3. The van der Waals surface area contributed by atoms with Gasteiger partial charge in [0.15, 0.2) is 5.78 Å². The Kier molecular flexibility index (Phi) is 4.65. The van der Waals surface area contributed by atoms with E-state index < -0.39 is 6.10 Å². The molecule has 0 saturated heterocycles. The van der Waals surface area contributed by atoms with Crippen LogP contribution in [0.5, 0.6) is 0 Å². The van der Waals surface area contributed by atoms with Crippen LogP contribution in [0.4, 0.5) is 10.2 Å². The lowest BCUT2D eigenvalue weighted by Crippen LogP contribution is -2.24. The second-order valence-corrected chi connectivity index (χ2v) is 4.92. The minimum atomic E-state index is -0.792. The summed E-state index contributed by atoms with van der Waals surface area (Å²) in [5.74, 6) is 0.176. The number of Topliss-reactive ketones (excluding diaryl/α,β-unsaturated/α-hetero) is 1. The highest BCUT2D eigenvalue weighted by Gasteiger charge is 2.16. The maximum atomic E-state index is 12.9. The summed E-state index contributed by atoms with van der Waals surface area (Å²) < 4.78 is 12.9. The quantitative estimate of drug-likeness (QED) is 0.830. The molecule has 0 radical (unpaired) electrons. The molecule has 0 unspecified atom stereocenters. The number of carbonyl (C=O) groups is 1. The summed E-state index contributed by atoms with van der Waals surface area (Å²) in [5, 5.41) is 13.3. The van der Waals surface area contributed by atoms with E-state index in [9.17, 15) is 14.3 Å². The van der Waals surface area contributed by atoms with Gasteiger partial charge in [-0.3, -0.25) is 4.79 Å². The first kappa shape index (κ1) is 15.1. The molecule has 5 heteroatoms. The normalized spacial score (nSPS) is 13.5. The maximum absolute atomic E-state index is 12.9. The molecule has 2 N–H and O–H groups in total. The standard InChI is InChI=1S/C16H17FN2O2/c1-10(16(21)12-3-6-14(17)7-4-12)19-15-8-5-13(9-18-15)11(2)20/h3-10,16,21H,1-2H3,(H,18,19)/t10-,16-/m0/s1. The van der Waals surface area contributed by atoms with Crippen molar-refractivity contribution in [2.45, 2.75) is 26.0 Å². The van der Waals surface area contributed by atoms with Crippen molar-refractivity contribution in [1.82, 2.24) is 4.98 Å². The van der Waals surface area contributed by atoms with Crippen molar-refractivity contribution in [3.05, 3.63) is 59.5 Å². The van der Waals surface area contributed by atoms with Gasteiger partial charge in [-0.15, -0.1) is 0 Å². The second kappa shape index (κ2) is 6.45. The van der Waals surface area contributed by atoms with Gasteiger partial charge in [-0.25, -0.2) is 9.37 Å². The molecule has 0 saturated carbocycles. The first-order valence-electron chi connectivity index (χ1n) is 6.64. The third-order valence-corrected chi connectivity index (χ3v) is 3.23. The summed E-state index contributed by atoms with van der Waals surface area (Å²) in [6.07, 6.45) is 0.696. The molecule has 1 aromatic carbocycles. The van der Waals surface area contributed by atoms with Crippen LogP contribution in [0.3, 0.4) is 0 Å². The molecular formula is C16H17FN2O2. The zero-order chi connectivity index (χ0) is 15.4. The fourth-order valence-corrected chi connectivity index (χ4v) is 1.95. The Bertz CT molecular complexity index is 611. The largest absolute Gasteiger partial charge is 0.386 e. The van der Waals surface area contributed by atoms with Crippen LogP contribution < -0.4 is 5.32 Å². The second-order valence-electron chi connectivity index (χ2n) is 4.92. The van der Waals surface area contributed by atoms with Crippen LogP contribution in [0, 0.1) is 5.82 Å². The Morgan fingerprint density at radius 1 is 1.24 bits per heavy atom. The first-order valence-corrected chi connectivity index (χ1v) is 6.64. The van der Waals surface area contributed by atoms with Crippen molar-refractivity contribution in [2.24, 2.45) is 0 Å². The van der Waals surface area contributed by atoms with E-state index in [1.54, 1.807) is 31.2 Å². The van der Waals surface area contributed by atoms with Crippen molar-refractivity contribution in [3.63, 3.8) is 0 Å². The van der Waals surface area contributed by atoms with Crippen molar-refractivity contribution >= 4 is 11.6 Å². The topological polar surface area (TPSA) is 62.2 Å². The monoisotopic (exact) mass is 288 g/mol. The van der Waals surface area contributed by atoms with E-state index in [1.807, 2.05) is 0 Å². The molecule has 0 spiro atoms. The molecular weight excluding hydrogens is 271 g/mol. The number of benzene rings is 1. The number of hydrogen-bond donors (Lipinski definition) is 2. The van der Waals surface area contributed by atoms with Gasteiger partial charge in [0.2, 0.25) is 0 Å². The van der Waals surface area contributed by atoms with Crippen LogP contribution in [-0.4, -0.2) is 21.9 Å². The smallest absolute Gasteiger partial charge is 0.161 e. The molecule has 4 nitrogen and oxygen atoms in total. The Balaban J connectivity index is 2.04. The number of hydrogen-bond acceptors (Lipinski definition) is 4. The van der Waals surface area contributed by atoms with Crippen LogP contribution in [0.2, 0.25) is 0 Å². The number of ketones is 1. The number of nitrogens with zero attached hydrogens (tertiary/aromatic N) is 1. The molecule has 1 aromatic heterocycles. The number of aromatic nitrogens is 1. The predicted octanol–water partition coefficient (Wildman–Crippen LogP) is 2.96. The predicted molar refractivity (Wildman–Crippen MR) is 78.7 cm³/mol. The van der Waals surface area contributed by atoms with Crippen molar-refractivity contribution in [2.75, 3.05) is 5.32 Å². The number of rotatable bonds is 5. The van der Waals surface area contributed by atoms with Gasteiger partial charge in [-0.1, -0.05) is 12.1 Å². The molecule has 2 atom stereocenters. The van der Waals surface area contributed by atoms with Crippen LogP contribution in [-0.2, 0) is 0 Å². The van der Waals surface area contributed by atoms with E-state index in [2.05, 4.69) is 10.3 Å². The zero-order valence-electron chi connectivity index (χ0n) is 11.9. The van der Waals surface area contributed by atoms with Crippen molar-refractivity contribution < 1.29 is 14.3 Å². The molecule has 2 rings (SSSR count). The van der Waals surface area contributed by atoms with Crippen LogP contribution >= 0.6 is 0 Å². The van der Waals surface area contributed by atoms with E-state index in [1.165, 1.54) is 25.3 Å². The Morgan fingerprint density at radius 3 is 2.43 bits per heavy atom. The van der Waals surface area contributed by atoms with Gasteiger partial charge >= 0.3 is 0 Å². The molecule has 21 heavy (non-hydrogen) atoms. The molecule has 0 aliphatic heterocycles. The van der Waals surface area contributed by atoms with Gasteiger partial charge in [0, 0.05) is 11.8 Å². The fourth-order valence-electron chi connectivity index (χ4n) is 1.95. The number of nitrogens with one attached hydrogen (secondary N) is 1. The lowest BCUT2D eigenvalue weighted by atomic mass is 10.0. The number of aliphatic hydroxyl groups is 1. The summed E-state index contributed by atoms with van der Waals surface area (Å²) >= 11 is 0. The minimum absolute atomic E-state index is 0.0477. The summed E-state index contributed by atoms with van der Waals surface area (Å²) in [6, 6.07) is 8.76. The molecule has 0 bridgehead atoms. The maximum Gasteiger partial charge on any atom is 0.161 e. The van der Waals surface area contributed by atoms with Crippen LogP contribution in [0.25, 0.3) is 0 Å². The lowest BCUT2D eigenvalue weighted by Gasteiger charge is -2.21. The van der Waals surface area contributed by atoms with Crippen molar-refractivity contribution in [1.29, 1.82) is 0 Å². The van der Waals surface area contributed by atoms with Gasteiger partial charge in [0.1, 0.15) is 11.6 Å². The van der Waals surface area contributed by atoms with E-state index in [0.29, 0.717) is 16.9 Å². The molecule has 110 valence electrons. The third kappa shape index (κ3) is 3.86. The number of anilines is 1. The molecule has 0 fully saturated rings. The van der Waals surface area contributed by atoms with Gasteiger partial charge in [-0.2, -0.15) is 0 Å². The Morgan fingerprint density at radius 2 is 1.90 bits per heavy atom. The summed E-state index contributed by atoms with van der Waals surface area (Å²) in [6.45, 7) is 3.28. The highest BCUT2D eigenvalue weighted by molar-refractivity contribution is 5.93. The number of carbonyl (C=O) groups excluding carboxylic acids is 1. The molecule has 1 heterocycles. The van der Waals surface area contributed by atoms with Crippen LogP contribution in [0.1, 0.15) is 35.9 Å². The highest BCUT2D eigenvalue weighted by Crippen LogP contribution is 2.20. The van der Waals surface area contributed by atoms with Crippen molar-refractivity contribution in [3.8, 4) is 0 Å². The average Bonchev–Trinajstić information content (AvgIpc) is 2.47. The minimum Gasteiger partial charge on any atom is -0.386 e. The molecule has 0 amide bonds. The van der Waals surface area contributed by atoms with E-state index in [0.717, 1.165) is 0 Å². The molecule has 0 aliphatic rings. The fraction of sp³-hybridized carbons (Fsp3) is 0.250. The van der Waals surface area contributed by atoms with E-state index in [-0.39, 0.29) is 17.6 Å². The number of aliphatic hydroxyl groups excluding tert-OH is 1. The lowest BCUT2D eigenvalue weighted by molar-refractivity contribution is 0.101. The molecule has 0 aliphatic carbocycles. The summed E-state index contributed by atoms with van der Waals surface area (Å²) in [5.41, 5.74) is 1.16. The SMILES string of the molecule is CC(=O)c1ccc(N[C@@H](C)[C@H](O)c2ccc(F)cc2)nc1. The number of pyridine rings is 1. The molecule has 2 aromatic rings. The van der Waals surface area contributed by atoms with E-state index in [4.69, 9.17) is 0 Å². The number of halogens is 1. The van der Waals surface area contributed by atoms with Gasteiger partial charge < -0.3 is 10.4 Å². The van der Waals surface area contributed by atoms with Gasteiger partial charge in [0.25, 0.3) is 0 Å². The average molecular weight is 288 g/mol. The van der Waals surface area contributed by atoms with E-state index >= 15 is 0 Å². The first-order chi connectivity index (χ1) is 9.97. The Hall–Kier alpha value is -2.27. The highest BCUT2D eigenvalue weighted by atomic mass is 19.1. The third-order valence-electron chi connectivity index (χ3n) is 3.23. The van der Waals surface area contributed by atoms with Gasteiger partial charge in [0.05, 0.1) is 12.1 Å². The summed E-state index contributed by atoms with van der Waals surface area (Å²) in [7, 11) is 0. The Labute approximate surface area is 122 Å². The van der Waals surface area contributed by atoms with Gasteiger partial charge in [-0.05, 0) is 43.7 Å². The zero-order valence-corrected chi connectivity index (χ0v) is 11.9.